The summed E-state index contributed by atoms with van der Waals surface area (Å²) in [5, 5.41) is 8.39. The van der Waals surface area contributed by atoms with E-state index in [0.717, 1.165) is 26.1 Å². The minimum atomic E-state index is 0.284. The first-order valence-corrected chi connectivity index (χ1v) is 8.32. The molecule has 0 saturated carbocycles. The summed E-state index contributed by atoms with van der Waals surface area (Å²) >= 11 is 0. The standard InChI is InChI=1S/C17H32N4/c1-7-14(3)21-9-8-15(19-21)12-20-11-13(2)18-10-16(20)17(4,5)6/h8-9,13-14,16,18H,7,10-12H2,1-6H3. The monoisotopic (exact) mass is 292 g/mol. The van der Waals surface area contributed by atoms with Crippen LogP contribution in [0.4, 0.5) is 0 Å². The molecular weight excluding hydrogens is 260 g/mol. The fourth-order valence-electron chi connectivity index (χ4n) is 3.12. The highest BCUT2D eigenvalue weighted by Gasteiger charge is 2.34. The average molecular weight is 292 g/mol. The van der Waals surface area contributed by atoms with Crippen LogP contribution in [0.2, 0.25) is 0 Å². The molecule has 0 aromatic carbocycles. The van der Waals surface area contributed by atoms with E-state index in [1.54, 1.807) is 0 Å². The maximum Gasteiger partial charge on any atom is 0.0765 e. The SMILES string of the molecule is CCC(C)n1ccc(CN2CC(C)NCC2C(C)(C)C)n1. The Hall–Kier alpha value is -0.870. The molecule has 120 valence electrons. The lowest BCUT2D eigenvalue weighted by atomic mass is 9.84. The third-order valence-electron chi connectivity index (χ3n) is 4.68. The van der Waals surface area contributed by atoms with Crippen molar-refractivity contribution in [3.8, 4) is 0 Å². The van der Waals surface area contributed by atoms with Crippen molar-refractivity contribution in [2.45, 2.75) is 72.6 Å². The minimum absolute atomic E-state index is 0.284. The van der Waals surface area contributed by atoms with E-state index >= 15 is 0 Å². The van der Waals surface area contributed by atoms with Crippen LogP contribution in [0.25, 0.3) is 0 Å². The molecule has 3 unspecified atom stereocenters. The lowest BCUT2D eigenvalue weighted by Gasteiger charge is -2.45. The van der Waals surface area contributed by atoms with Gasteiger partial charge in [-0.1, -0.05) is 27.7 Å². The van der Waals surface area contributed by atoms with Gasteiger partial charge in [-0.3, -0.25) is 9.58 Å². The molecule has 0 bridgehead atoms. The Morgan fingerprint density at radius 1 is 1.43 bits per heavy atom. The third-order valence-corrected chi connectivity index (χ3v) is 4.68. The minimum Gasteiger partial charge on any atom is -0.311 e. The van der Waals surface area contributed by atoms with Crippen molar-refractivity contribution in [2.75, 3.05) is 13.1 Å². The van der Waals surface area contributed by atoms with E-state index in [0.29, 0.717) is 18.1 Å². The van der Waals surface area contributed by atoms with Gasteiger partial charge in [-0.05, 0) is 31.7 Å². The number of hydrogen-bond acceptors (Lipinski definition) is 3. The van der Waals surface area contributed by atoms with Crippen LogP contribution in [-0.4, -0.2) is 39.9 Å². The Labute approximate surface area is 129 Å². The molecular formula is C17H32N4. The highest BCUT2D eigenvalue weighted by Crippen LogP contribution is 2.27. The van der Waals surface area contributed by atoms with Crippen molar-refractivity contribution in [1.29, 1.82) is 0 Å². The molecule has 21 heavy (non-hydrogen) atoms. The fraction of sp³-hybridized carbons (Fsp3) is 0.824. The van der Waals surface area contributed by atoms with Crippen molar-refractivity contribution in [2.24, 2.45) is 5.41 Å². The Morgan fingerprint density at radius 3 is 2.76 bits per heavy atom. The van der Waals surface area contributed by atoms with E-state index < -0.39 is 0 Å². The maximum atomic E-state index is 4.77. The van der Waals surface area contributed by atoms with E-state index in [1.165, 1.54) is 5.69 Å². The topological polar surface area (TPSA) is 33.1 Å². The molecule has 2 heterocycles. The molecule has 4 heteroatoms. The summed E-state index contributed by atoms with van der Waals surface area (Å²) in [6.45, 7) is 16.8. The van der Waals surface area contributed by atoms with Gasteiger partial charge in [-0.25, -0.2) is 0 Å². The summed E-state index contributed by atoms with van der Waals surface area (Å²) in [6.07, 6.45) is 3.25. The van der Waals surface area contributed by atoms with Crippen LogP contribution in [0.3, 0.4) is 0 Å². The van der Waals surface area contributed by atoms with Gasteiger partial charge in [0.2, 0.25) is 0 Å². The zero-order chi connectivity index (χ0) is 15.6. The number of hydrogen-bond donors (Lipinski definition) is 1. The summed E-state index contributed by atoms with van der Waals surface area (Å²) in [6, 6.07) is 3.78. The Balaban J connectivity index is 2.09. The van der Waals surface area contributed by atoms with Crippen LogP contribution in [0.1, 0.15) is 59.7 Å². The van der Waals surface area contributed by atoms with Gasteiger partial charge in [0.05, 0.1) is 5.69 Å². The van der Waals surface area contributed by atoms with Gasteiger partial charge in [0.1, 0.15) is 0 Å². The second-order valence-electron chi connectivity index (χ2n) is 7.66. The second kappa shape index (κ2) is 6.49. The third kappa shape index (κ3) is 4.07. The molecule has 1 saturated heterocycles. The van der Waals surface area contributed by atoms with E-state index in [2.05, 4.69) is 68.7 Å². The molecule has 0 aliphatic carbocycles. The molecule has 0 amide bonds. The first kappa shape index (κ1) is 16.5. The van der Waals surface area contributed by atoms with Crippen molar-refractivity contribution < 1.29 is 0 Å². The smallest absolute Gasteiger partial charge is 0.0765 e. The molecule has 2 rings (SSSR count). The fourth-order valence-corrected chi connectivity index (χ4v) is 3.12. The summed E-state index contributed by atoms with van der Waals surface area (Å²) in [5.41, 5.74) is 1.48. The second-order valence-corrected chi connectivity index (χ2v) is 7.66. The highest BCUT2D eigenvalue weighted by atomic mass is 15.3. The molecule has 1 fully saturated rings. The summed E-state index contributed by atoms with van der Waals surface area (Å²) in [7, 11) is 0. The summed E-state index contributed by atoms with van der Waals surface area (Å²) in [5.74, 6) is 0. The van der Waals surface area contributed by atoms with Gasteiger partial charge in [-0.15, -0.1) is 0 Å². The molecule has 4 nitrogen and oxygen atoms in total. The first-order valence-electron chi connectivity index (χ1n) is 8.32. The van der Waals surface area contributed by atoms with Crippen molar-refractivity contribution in [3.05, 3.63) is 18.0 Å². The number of nitrogens with one attached hydrogen (secondary N) is 1. The molecule has 1 aromatic rings. The number of nitrogens with zero attached hydrogens (tertiary/aromatic N) is 3. The normalized spacial score (nSPS) is 26.0. The van der Waals surface area contributed by atoms with Crippen molar-refractivity contribution in [1.82, 2.24) is 20.0 Å². The van der Waals surface area contributed by atoms with Gasteiger partial charge in [-0.2, -0.15) is 5.10 Å². The summed E-state index contributed by atoms with van der Waals surface area (Å²) in [4.78, 5) is 2.60. The number of piperazine rings is 1. The number of rotatable bonds is 4. The zero-order valence-corrected chi connectivity index (χ0v) is 14.6. The predicted molar refractivity (Wildman–Crippen MR) is 88.3 cm³/mol. The van der Waals surface area contributed by atoms with Crippen LogP contribution >= 0.6 is 0 Å². The molecule has 0 radical (unpaired) electrons. The molecule has 1 aliphatic heterocycles. The van der Waals surface area contributed by atoms with E-state index in [1.807, 2.05) is 0 Å². The first-order chi connectivity index (χ1) is 9.81. The average Bonchev–Trinajstić information content (AvgIpc) is 2.85. The van der Waals surface area contributed by atoms with Crippen molar-refractivity contribution >= 4 is 0 Å². The van der Waals surface area contributed by atoms with Gasteiger partial charge in [0.25, 0.3) is 0 Å². The van der Waals surface area contributed by atoms with Crippen LogP contribution in [0.15, 0.2) is 12.3 Å². The van der Waals surface area contributed by atoms with Crippen LogP contribution in [-0.2, 0) is 6.54 Å². The largest absolute Gasteiger partial charge is 0.311 e. The number of aromatic nitrogens is 2. The summed E-state index contributed by atoms with van der Waals surface area (Å²) < 4.78 is 2.10. The Kier molecular flexibility index (Phi) is 5.10. The quantitative estimate of drug-likeness (QED) is 0.926. The zero-order valence-electron chi connectivity index (χ0n) is 14.6. The van der Waals surface area contributed by atoms with E-state index in [-0.39, 0.29) is 5.41 Å². The van der Waals surface area contributed by atoms with E-state index in [9.17, 15) is 0 Å². The lowest BCUT2D eigenvalue weighted by Crippen LogP contribution is -2.59. The molecule has 3 atom stereocenters. The van der Waals surface area contributed by atoms with Gasteiger partial charge in [0, 0.05) is 44.0 Å². The van der Waals surface area contributed by atoms with Gasteiger partial charge in [0.15, 0.2) is 0 Å². The predicted octanol–water partition coefficient (Wildman–Crippen LogP) is 3.06. The Bertz CT molecular complexity index is 446. The molecule has 1 aliphatic rings. The lowest BCUT2D eigenvalue weighted by molar-refractivity contribution is 0.0514. The molecule has 1 N–H and O–H groups in total. The van der Waals surface area contributed by atoms with Crippen LogP contribution < -0.4 is 5.32 Å². The maximum absolute atomic E-state index is 4.77. The van der Waals surface area contributed by atoms with Gasteiger partial charge < -0.3 is 5.32 Å². The van der Waals surface area contributed by atoms with Crippen LogP contribution in [0, 0.1) is 5.41 Å². The van der Waals surface area contributed by atoms with Gasteiger partial charge >= 0.3 is 0 Å². The molecule has 1 aromatic heterocycles. The molecule has 0 spiro atoms. The highest BCUT2D eigenvalue weighted by molar-refractivity contribution is 5.02. The van der Waals surface area contributed by atoms with Crippen molar-refractivity contribution in [3.63, 3.8) is 0 Å². The van der Waals surface area contributed by atoms with Crippen LogP contribution in [0.5, 0.6) is 0 Å². The Morgan fingerprint density at radius 2 is 2.14 bits per heavy atom. The van der Waals surface area contributed by atoms with E-state index in [4.69, 9.17) is 5.10 Å².